The first kappa shape index (κ1) is 17.0. The molecule has 0 bridgehead atoms. The Balaban J connectivity index is 1.70. The van der Waals surface area contributed by atoms with Gasteiger partial charge in [0.15, 0.2) is 0 Å². The predicted molar refractivity (Wildman–Crippen MR) is 97.3 cm³/mol. The Kier molecular flexibility index (Phi) is 4.82. The molecule has 4 rings (SSSR count). The highest BCUT2D eigenvalue weighted by Gasteiger charge is 2.26. The summed E-state index contributed by atoms with van der Waals surface area (Å²) < 4.78 is 35.3. The highest BCUT2D eigenvalue weighted by molar-refractivity contribution is 7.89. The van der Waals surface area contributed by atoms with E-state index in [1.807, 2.05) is 12.1 Å². The maximum absolute atomic E-state index is 13.0. The quantitative estimate of drug-likeness (QED) is 0.906. The van der Waals surface area contributed by atoms with Gasteiger partial charge in [0.25, 0.3) is 0 Å². The highest BCUT2D eigenvalue weighted by atomic mass is 32.2. The first-order valence-corrected chi connectivity index (χ1v) is 10.5. The number of hydrogen-bond donors (Lipinski definition) is 1. The van der Waals surface area contributed by atoms with E-state index >= 15 is 0 Å². The van der Waals surface area contributed by atoms with Crippen LogP contribution in [0.5, 0.6) is 0 Å². The molecule has 0 unspecified atom stereocenters. The summed E-state index contributed by atoms with van der Waals surface area (Å²) in [5.74, 6) is 0. The van der Waals surface area contributed by atoms with Crippen LogP contribution in [0.15, 0.2) is 35.4 Å². The molecule has 6 nitrogen and oxygen atoms in total. The standard InChI is InChI=1S/C18H25N3O3S/c22-25(23,20-9-1-12-24-13-11-20)17-3-2-15-6-10-21(18(15)14-17)16-4-7-19-8-5-16/h2-3,6,10,14,16,19H,1,4-5,7-9,11-13H2. The molecular formula is C18H25N3O3S. The molecule has 0 amide bonds. The number of ether oxygens (including phenoxy) is 1. The van der Waals surface area contributed by atoms with Crippen molar-refractivity contribution in [3.05, 3.63) is 30.5 Å². The smallest absolute Gasteiger partial charge is 0.243 e. The summed E-state index contributed by atoms with van der Waals surface area (Å²) in [7, 11) is -3.47. The van der Waals surface area contributed by atoms with Crippen LogP contribution < -0.4 is 5.32 Å². The van der Waals surface area contributed by atoms with Crippen molar-refractivity contribution in [2.45, 2.75) is 30.2 Å². The molecule has 25 heavy (non-hydrogen) atoms. The van der Waals surface area contributed by atoms with Gasteiger partial charge in [-0.3, -0.25) is 0 Å². The fraction of sp³-hybridized carbons (Fsp3) is 0.556. The van der Waals surface area contributed by atoms with Crippen LogP contribution in [0.3, 0.4) is 0 Å². The van der Waals surface area contributed by atoms with Gasteiger partial charge in [-0.25, -0.2) is 8.42 Å². The summed E-state index contributed by atoms with van der Waals surface area (Å²) in [6.45, 7) is 4.06. The minimum Gasteiger partial charge on any atom is -0.380 e. The number of benzene rings is 1. The lowest BCUT2D eigenvalue weighted by atomic mass is 10.1. The molecule has 1 aromatic carbocycles. The lowest BCUT2D eigenvalue weighted by Gasteiger charge is -2.25. The van der Waals surface area contributed by atoms with E-state index in [9.17, 15) is 8.42 Å². The molecular weight excluding hydrogens is 338 g/mol. The molecule has 136 valence electrons. The number of piperidine rings is 1. The van der Waals surface area contributed by atoms with Crippen LogP contribution in [0, 0.1) is 0 Å². The number of nitrogens with zero attached hydrogens (tertiary/aromatic N) is 2. The van der Waals surface area contributed by atoms with Gasteiger partial charge in [-0.15, -0.1) is 0 Å². The van der Waals surface area contributed by atoms with Gasteiger partial charge in [0.1, 0.15) is 0 Å². The number of sulfonamides is 1. The molecule has 2 aromatic rings. The van der Waals surface area contributed by atoms with E-state index in [-0.39, 0.29) is 0 Å². The topological polar surface area (TPSA) is 63.6 Å². The first-order valence-electron chi connectivity index (χ1n) is 9.05. The third-order valence-electron chi connectivity index (χ3n) is 5.22. The zero-order valence-corrected chi connectivity index (χ0v) is 15.2. The second-order valence-corrected chi connectivity index (χ2v) is 8.73. The van der Waals surface area contributed by atoms with Gasteiger partial charge in [0.2, 0.25) is 10.0 Å². The van der Waals surface area contributed by atoms with Gasteiger partial charge >= 0.3 is 0 Å². The molecule has 2 saturated heterocycles. The van der Waals surface area contributed by atoms with Gasteiger partial charge in [0, 0.05) is 37.5 Å². The van der Waals surface area contributed by atoms with Crippen molar-refractivity contribution in [2.24, 2.45) is 0 Å². The van der Waals surface area contributed by atoms with Gasteiger partial charge in [0.05, 0.1) is 11.5 Å². The molecule has 7 heteroatoms. The Morgan fingerprint density at radius 3 is 2.76 bits per heavy atom. The summed E-state index contributed by atoms with van der Waals surface area (Å²) >= 11 is 0. The van der Waals surface area contributed by atoms with Crippen molar-refractivity contribution in [3.8, 4) is 0 Å². The van der Waals surface area contributed by atoms with E-state index in [0.717, 1.165) is 43.3 Å². The molecule has 2 aliphatic rings. The molecule has 0 atom stereocenters. The van der Waals surface area contributed by atoms with Crippen LogP contribution in [0.25, 0.3) is 10.9 Å². The second-order valence-electron chi connectivity index (χ2n) is 6.79. The fourth-order valence-electron chi connectivity index (χ4n) is 3.81. The molecule has 1 N–H and O–H groups in total. The summed E-state index contributed by atoms with van der Waals surface area (Å²) in [6, 6.07) is 8.01. The van der Waals surface area contributed by atoms with E-state index in [0.29, 0.717) is 37.2 Å². The fourth-order valence-corrected chi connectivity index (χ4v) is 5.29. The number of rotatable bonds is 3. The van der Waals surface area contributed by atoms with E-state index in [1.165, 1.54) is 0 Å². The van der Waals surface area contributed by atoms with Crippen LogP contribution in [0.4, 0.5) is 0 Å². The van der Waals surface area contributed by atoms with Crippen molar-refractivity contribution in [3.63, 3.8) is 0 Å². The van der Waals surface area contributed by atoms with E-state index in [4.69, 9.17) is 4.74 Å². The molecule has 3 heterocycles. The normalized spacial score (nSPS) is 21.4. The first-order chi connectivity index (χ1) is 12.2. The van der Waals surface area contributed by atoms with E-state index in [2.05, 4.69) is 22.1 Å². The van der Waals surface area contributed by atoms with E-state index < -0.39 is 10.0 Å². The Bertz CT molecular complexity index is 832. The average Bonchev–Trinajstić information content (AvgIpc) is 2.86. The molecule has 0 saturated carbocycles. The molecule has 1 aromatic heterocycles. The zero-order valence-electron chi connectivity index (χ0n) is 14.4. The lowest BCUT2D eigenvalue weighted by molar-refractivity contribution is 0.148. The zero-order chi connectivity index (χ0) is 17.3. The number of hydrogen-bond acceptors (Lipinski definition) is 4. The highest BCUT2D eigenvalue weighted by Crippen LogP contribution is 2.28. The number of fused-ring (bicyclic) bond motifs is 1. The monoisotopic (exact) mass is 363 g/mol. The van der Waals surface area contributed by atoms with Crippen LogP contribution >= 0.6 is 0 Å². The minimum atomic E-state index is -3.47. The van der Waals surface area contributed by atoms with Gasteiger partial charge in [-0.1, -0.05) is 6.07 Å². The van der Waals surface area contributed by atoms with Crippen molar-refractivity contribution in [1.82, 2.24) is 14.2 Å². The maximum atomic E-state index is 13.0. The van der Waals surface area contributed by atoms with E-state index in [1.54, 1.807) is 10.4 Å². The van der Waals surface area contributed by atoms with Gasteiger partial charge in [-0.2, -0.15) is 4.31 Å². The Morgan fingerprint density at radius 1 is 1.08 bits per heavy atom. The van der Waals surface area contributed by atoms with Crippen molar-refractivity contribution in [2.75, 3.05) is 39.4 Å². The molecule has 2 aliphatic heterocycles. The van der Waals surface area contributed by atoms with Crippen molar-refractivity contribution >= 4 is 20.9 Å². The lowest BCUT2D eigenvalue weighted by Crippen LogP contribution is -2.33. The number of nitrogens with one attached hydrogen (secondary N) is 1. The third kappa shape index (κ3) is 3.33. The van der Waals surface area contributed by atoms with Crippen LogP contribution in [0.1, 0.15) is 25.3 Å². The summed E-state index contributed by atoms with van der Waals surface area (Å²) in [6.07, 6.45) is 4.98. The SMILES string of the molecule is O=S(=O)(c1ccc2ccn(C3CCNCC3)c2c1)N1CCCOCC1. The molecule has 2 fully saturated rings. The predicted octanol–water partition coefficient (Wildman–Crippen LogP) is 1.98. The Morgan fingerprint density at radius 2 is 1.92 bits per heavy atom. The van der Waals surface area contributed by atoms with Gasteiger partial charge < -0.3 is 14.6 Å². The van der Waals surface area contributed by atoms with Crippen LogP contribution in [0.2, 0.25) is 0 Å². The summed E-state index contributed by atoms with van der Waals surface area (Å²) in [4.78, 5) is 0.385. The third-order valence-corrected chi connectivity index (χ3v) is 7.11. The van der Waals surface area contributed by atoms with Gasteiger partial charge in [-0.05, 0) is 55.9 Å². The minimum absolute atomic E-state index is 0.385. The summed E-state index contributed by atoms with van der Waals surface area (Å²) in [5.41, 5.74) is 1.01. The molecule has 0 radical (unpaired) electrons. The van der Waals surface area contributed by atoms with Crippen LogP contribution in [-0.4, -0.2) is 56.7 Å². The number of aromatic nitrogens is 1. The molecule has 0 aliphatic carbocycles. The second kappa shape index (κ2) is 7.07. The van der Waals surface area contributed by atoms with Crippen molar-refractivity contribution in [1.29, 1.82) is 0 Å². The largest absolute Gasteiger partial charge is 0.380 e. The average molecular weight is 363 g/mol. The summed E-state index contributed by atoms with van der Waals surface area (Å²) in [5, 5.41) is 4.48. The Hall–Kier alpha value is -1.41. The Labute approximate surface area is 148 Å². The van der Waals surface area contributed by atoms with Crippen LogP contribution in [-0.2, 0) is 14.8 Å². The molecule has 0 spiro atoms. The maximum Gasteiger partial charge on any atom is 0.243 e. The van der Waals surface area contributed by atoms with Crippen molar-refractivity contribution < 1.29 is 13.2 Å².